The largest absolute Gasteiger partial charge is 0.390 e. The Morgan fingerprint density at radius 1 is 1.36 bits per heavy atom. The van der Waals surface area contributed by atoms with Gasteiger partial charge in [-0.25, -0.2) is 0 Å². The Morgan fingerprint density at radius 3 is 2.86 bits per heavy atom. The molecule has 4 heteroatoms. The lowest BCUT2D eigenvalue weighted by atomic mass is 10.2. The molecule has 2 heterocycles. The number of aromatic nitrogens is 3. The van der Waals surface area contributed by atoms with Gasteiger partial charge in [0.1, 0.15) is 0 Å². The van der Waals surface area contributed by atoms with E-state index in [4.69, 9.17) is 5.11 Å². The lowest BCUT2D eigenvalue weighted by Crippen LogP contribution is -2.00. The average molecular weight is 189 g/mol. The number of aliphatic hydroxyl groups excluding tert-OH is 1. The summed E-state index contributed by atoms with van der Waals surface area (Å²) in [4.78, 5) is 4.09. The molecule has 4 nitrogen and oxygen atoms in total. The highest BCUT2D eigenvalue weighted by Gasteiger charge is 1.96. The molecule has 14 heavy (non-hydrogen) atoms. The molecule has 0 spiro atoms. The van der Waals surface area contributed by atoms with Crippen molar-refractivity contribution in [3.63, 3.8) is 0 Å². The van der Waals surface area contributed by atoms with E-state index in [1.54, 1.807) is 12.4 Å². The van der Waals surface area contributed by atoms with Gasteiger partial charge in [-0.05, 0) is 17.7 Å². The van der Waals surface area contributed by atoms with Crippen molar-refractivity contribution in [3.8, 4) is 0 Å². The Labute approximate surface area is 81.8 Å². The maximum Gasteiger partial charge on any atom is 0.0852 e. The van der Waals surface area contributed by atoms with Crippen molar-refractivity contribution in [3.05, 3.63) is 48.0 Å². The highest BCUT2D eigenvalue weighted by Crippen LogP contribution is 2.02. The van der Waals surface area contributed by atoms with Crippen molar-refractivity contribution in [1.29, 1.82) is 0 Å². The van der Waals surface area contributed by atoms with E-state index in [0.29, 0.717) is 12.2 Å². The van der Waals surface area contributed by atoms with Crippen LogP contribution in [0.25, 0.3) is 0 Å². The van der Waals surface area contributed by atoms with Crippen LogP contribution in [0.2, 0.25) is 0 Å². The summed E-state index contributed by atoms with van der Waals surface area (Å²) in [5, 5.41) is 12.9. The fourth-order valence-electron chi connectivity index (χ4n) is 1.22. The van der Waals surface area contributed by atoms with Crippen molar-refractivity contribution in [2.75, 3.05) is 0 Å². The summed E-state index contributed by atoms with van der Waals surface area (Å²) in [6.07, 6.45) is 5.41. The Balaban J connectivity index is 2.10. The zero-order valence-electron chi connectivity index (χ0n) is 7.67. The van der Waals surface area contributed by atoms with Gasteiger partial charge >= 0.3 is 0 Å². The quantitative estimate of drug-likeness (QED) is 0.777. The van der Waals surface area contributed by atoms with Crippen LogP contribution >= 0.6 is 0 Å². The molecule has 2 rings (SSSR count). The predicted octanol–water partition coefficient (Wildman–Crippen LogP) is 0.819. The molecule has 0 aliphatic rings. The molecule has 0 aromatic carbocycles. The van der Waals surface area contributed by atoms with Gasteiger partial charge in [-0.1, -0.05) is 6.07 Å². The number of rotatable bonds is 3. The molecular formula is C10H11N3O. The van der Waals surface area contributed by atoms with E-state index in [-0.39, 0.29) is 6.61 Å². The molecule has 72 valence electrons. The fourth-order valence-corrected chi connectivity index (χ4v) is 1.22. The van der Waals surface area contributed by atoms with Gasteiger partial charge in [0.2, 0.25) is 0 Å². The van der Waals surface area contributed by atoms with Gasteiger partial charge in [0.25, 0.3) is 0 Å². The minimum atomic E-state index is -0.0119. The molecule has 0 aliphatic heterocycles. The van der Waals surface area contributed by atoms with Crippen LogP contribution in [0.5, 0.6) is 0 Å². The molecular weight excluding hydrogens is 178 g/mol. The monoisotopic (exact) mass is 189 g/mol. The molecule has 0 amide bonds. The SMILES string of the molecule is OCc1ccc(Cn2cccn2)cn1. The summed E-state index contributed by atoms with van der Waals surface area (Å²) in [7, 11) is 0. The van der Waals surface area contributed by atoms with E-state index in [2.05, 4.69) is 10.1 Å². The van der Waals surface area contributed by atoms with E-state index in [0.717, 1.165) is 5.56 Å². The van der Waals surface area contributed by atoms with Gasteiger partial charge in [0.15, 0.2) is 0 Å². The normalized spacial score (nSPS) is 10.4. The average Bonchev–Trinajstić information content (AvgIpc) is 2.72. The Morgan fingerprint density at radius 2 is 2.29 bits per heavy atom. The van der Waals surface area contributed by atoms with E-state index in [9.17, 15) is 0 Å². The highest BCUT2D eigenvalue weighted by molar-refractivity contribution is 5.13. The highest BCUT2D eigenvalue weighted by atomic mass is 16.3. The van der Waals surface area contributed by atoms with E-state index >= 15 is 0 Å². The van der Waals surface area contributed by atoms with Crippen LogP contribution in [0, 0.1) is 0 Å². The Hall–Kier alpha value is -1.68. The van der Waals surface area contributed by atoms with E-state index in [1.165, 1.54) is 0 Å². The number of pyridine rings is 1. The second-order valence-electron chi connectivity index (χ2n) is 3.02. The molecule has 0 saturated heterocycles. The maximum absolute atomic E-state index is 8.81. The smallest absolute Gasteiger partial charge is 0.0852 e. The second kappa shape index (κ2) is 4.02. The zero-order chi connectivity index (χ0) is 9.80. The van der Waals surface area contributed by atoms with Gasteiger partial charge in [0, 0.05) is 18.6 Å². The predicted molar refractivity (Wildman–Crippen MR) is 51.5 cm³/mol. The van der Waals surface area contributed by atoms with Crippen LogP contribution in [-0.2, 0) is 13.2 Å². The van der Waals surface area contributed by atoms with Gasteiger partial charge in [0.05, 0.1) is 18.8 Å². The molecule has 1 N–H and O–H groups in total. The van der Waals surface area contributed by atoms with E-state index in [1.807, 2.05) is 29.1 Å². The van der Waals surface area contributed by atoms with Crippen molar-refractivity contribution in [2.45, 2.75) is 13.2 Å². The third kappa shape index (κ3) is 1.97. The van der Waals surface area contributed by atoms with Gasteiger partial charge < -0.3 is 5.11 Å². The molecule has 0 aliphatic carbocycles. The summed E-state index contributed by atoms with van der Waals surface area (Å²) < 4.78 is 1.83. The number of nitrogens with zero attached hydrogens (tertiary/aromatic N) is 3. The van der Waals surface area contributed by atoms with Crippen LogP contribution in [0.3, 0.4) is 0 Å². The van der Waals surface area contributed by atoms with Crippen LogP contribution < -0.4 is 0 Å². The molecule has 0 radical (unpaired) electrons. The van der Waals surface area contributed by atoms with Crippen molar-refractivity contribution < 1.29 is 5.11 Å². The Bertz CT molecular complexity index is 380. The number of hydrogen-bond acceptors (Lipinski definition) is 3. The standard InChI is InChI=1S/C10H11N3O/c14-8-10-3-2-9(6-11-10)7-13-5-1-4-12-13/h1-6,14H,7-8H2. The third-order valence-corrected chi connectivity index (χ3v) is 1.95. The van der Waals surface area contributed by atoms with Crippen LogP contribution in [0.4, 0.5) is 0 Å². The zero-order valence-corrected chi connectivity index (χ0v) is 7.67. The summed E-state index contributed by atoms with van der Waals surface area (Å²) in [5.41, 5.74) is 1.76. The van der Waals surface area contributed by atoms with Crippen LogP contribution in [0.15, 0.2) is 36.8 Å². The van der Waals surface area contributed by atoms with Crippen molar-refractivity contribution >= 4 is 0 Å². The first-order chi connectivity index (χ1) is 6.88. The van der Waals surface area contributed by atoms with Gasteiger partial charge in [-0.3, -0.25) is 9.67 Å². The topological polar surface area (TPSA) is 50.9 Å². The minimum absolute atomic E-state index is 0.0119. The molecule has 0 bridgehead atoms. The first-order valence-electron chi connectivity index (χ1n) is 4.40. The third-order valence-electron chi connectivity index (χ3n) is 1.95. The summed E-state index contributed by atoms with van der Waals surface area (Å²) in [6, 6.07) is 5.65. The van der Waals surface area contributed by atoms with Gasteiger partial charge in [-0.15, -0.1) is 0 Å². The molecule has 2 aromatic heterocycles. The van der Waals surface area contributed by atoms with Crippen molar-refractivity contribution in [1.82, 2.24) is 14.8 Å². The maximum atomic E-state index is 8.81. The molecule has 2 aromatic rings. The van der Waals surface area contributed by atoms with E-state index < -0.39 is 0 Å². The summed E-state index contributed by atoms with van der Waals surface area (Å²) in [5.74, 6) is 0. The number of hydrogen-bond donors (Lipinski definition) is 1. The fraction of sp³-hybridized carbons (Fsp3) is 0.200. The minimum Gasteiger partial charge on any atom is -0.390 e. The lowest BCUT2D eigenvalue weighted by molar-refractivity contribution is 0.277. The van der Waals surface area contributed by atoms with Crippen LogP contribution in [-0.4, -0.2) is 19.9 Å². The lowest BCUT2D eigenvalue weighted by Gasteiger charge is -2.01. The molecule has 0 saturated carbocycles. The molecule has 0 fully saturated rings. The first kappa shape index (κ1) is 8.90. The first-order valence-corrected chi connectivity index (χ1v) is 4.40. The second-order valence-corrected chi connectivity index (χ2v) is 3.02. The van der Waals surface area contributed by atoms with Crippen molar-refractivity contribution in [2.24, 2.45) is 0 Å². The Kier molecular flexibility index (Phi) is 2.55. The summed E-state index contributed by atoms with van der Waals surface area (Å²) >= 11 is 0. The molecule has 0 atom stereocenters. The number of aliphatic hydroxyl groups is 1. The summed E-state index contributed by atoms with van der Waals surface area (Å²) in [6.45, 7) is 0.702. The van der Waals surface area contributed by atoms with Crippen LogP contribution in [0.1, 0.15) is 11.3 Å². The molecule has 0 unspecified atom stereocenters. The van der Waals surface area contributed by atoms with Gasteiger partial charge in [-0.2, -0.15) is 5.10 Å².